The van der Waals surface area contributed by atoms with Gasteiger partial charge in [-0.25, -0.2) is 0 Å². The van der Waals surface area contributed by atoms with Crippen LogP contribution in [0.2, 0.25) is 18.6 Å². The van der Waals surface area contributed by atoms with Gasteiger partial charge in [0.15, 0.2) is 0 Å². The normalized spacial score (nSPS) is 20.7. The van der Waals surface area contributed by atoms with Crippen molar-refractivity contribution in [1.29, 1.82) is 0 Å². The summed E-state index contributed by atoms with van der Waals surface area (Å²) in [4.78, 5) is 12.0. The quantitative estimate of drug-likeness (QED) is 0.549. The third-order valence-electron chi connectivity index (χ3n) is 6.21. The molecular formula is C21H33BO3Si. The molecule has 0 spiro atoms. The fraction of sp³-hybridized carbons (Fsp3) is 0.571. The van der Waals surface area contributed by atoms with Gasteiger partial charge < -0.3 is 14.1 Å². The van der Waals surface area contributed by atoms with Gasteiger partial charge in [-0.2, -0.15) is 0 Å². The third-order valence-corrected chi connectivity index (χ3v) is 10.6. The summed E-state index contributed by atoms with van der Waals surface area (Å²) in [7, 11) is -2.58. The summed E-state index contributed by atoms with van der Waals surface area (Å²) in [6, 6.07) is 10.5. The number of rotatable bonds is 6. The molecule has 2 rings (SSSR count). The van der Waals surface area contributed by atoms with Gasteiger partial charge in [0.1, 0.15) is 6.29 Å². The Morgan fingerprint density at radius 1 is 1.12 bits per heavy atom. The molecule has 1 aromatic rings. The summed E-state index contributed by atoms with van der Waals surface area (Å²) in [6.45, 7) is 21.2. The van der Waals surface area contributed by atoms with Crippen LogP contribution in [0.4, 0.5) is 0 Å². The van der Waals surface area contributed by atoms with Crippen LogP contribution in [0.15, 0.2) is 42.4 Å². The Labute approximate surface area is 160 Å². The first-order valence-corrected chi connectivity index (χ1v) is 12.4. The van der Waals surface area contributed by atoms with Crippen molar-refractivity contribution in [2.24, 2.45) is 5.41 Å². The molecule has 0 aromatic heterocycles. The molecule has 1 heterocycles. The lowest BCUT2D eigenvalue weighted by Gasteiger charge is -2.42. The Bertz CT molecular complexity index is 664. The summed E-state index contributed by atoms with van der Waals surface area (Å²) in [5.41, 5.74) is -0.526. The summed E-state index contributed by atoms with van der Waals surface area (Å²) >= 11 is 0. The molecule has 1 aromatic carbocycles. The molecule has 1 fully saturated rings. The average molecular weight is 372 g/mol. The first kappa shape index (κ1) is 21.1. The number of hydrogen-bond acceptors (Lipinski definition) is 3. The Balaban J connectivity index is 2.47. The Kier molecular flexibility index (Phi) is 5.50. The van der Waals surface area contributed by atoms with E-state index in [9.17, 15) is 4.79 Å². The molecule has 0 aliphatic carbocycles. The van der Waals surface area contributed by atoms with Gasteiger partial charge >= 0.3 is 7.12 Å². The van der Waals surface area contributed by atoms with Crippen LogP contribution >= 0.6 is 0 Å². The standard InChI is InChI=1S/C21H33BO3Si/c1-16(22-24-20(4,5)21(6,7)25-22)18(19(2,3)15-23)26(8,9)17-13-11-10-12-14-17/h10-15,18H,1H2,2-9H3/t18-/m1/s1. The van der Waals surface area contributed by atoms with E-state index >= 15 is 0 Å². The van der Waals surface area contributed by atoms with E-state index in [2.05, 4.69) is 43.9 Å². The number of hydrogen-bond donors (Lipinski definition) is 0. The van der Waals surface area contributed by atoms with Crippen LogP contribution in [-0.4, -0.2) is 32.7 Å². The van der Waals surface area contributed by atoms with Crippen LogP contribution in [-0.2, 0) is 14.1 Å². The van der Waals surface area contributed by atoms with Crippen LogP contribution in [0.3, 0.4) is 0 Å². The van der Waals surface area contributed by atoms with Gasteiger partial charge in [-0.1, -0.05) is 62.5 Å². The zero-order chi connectivity index (χ0) is 20.0. The second-order valence-corrected chi connectivity index (χ2v) is 14.2. The maximum absolute atomic E-state index is 12.0. The summed E-state index contributed by atoms with van der Waals surface area (Å²) in [6.07, 6.45) is 1.06. The molecule has 1 saturated heterocycles. The van der Waals surface area contributed by atoms with Crippen molar-refractivity contribution >= 4 is 26.7 Å². The second kappa shape index (κ2) is 6.77. The molecule has 0 N–H and O–H groups in total. The minimum absolute atomic E-state index is 0.00963. The molecule has 1 atom stereocenters. The molecule has 5 heteroatoms. The van der Waals surface area contributed by atoms with Crippen molar-refractivity contribution in [1.82, 2.24) is 0 Å². The molecule has 0 saturated carbocycles. The van der Waals surface area contributed by atoms with Gasteiger partial charge in [-0.15, -0.1) is 6.58 Å². The Morgan fingerprint density at radius 2 is 1.58 bits per heavy atom. The smallest absolute Gasteiger partial charge is 0.400 e. The molecule has 0 amide bonds. The van der Waals surface area contributed by atoms with Crippen molar-refractivity contribution in [3.63, 3.8) is 0 Å². The van der Waals surface area contributed by atoms with E-state index in [0.29, 0.717) is 0 Å². The Hall–Kier alpha value is -1.17. The van der Waals surface area contributed by atoms with Gasteiger partial charge in [0.25, 0.3) is 0 Å². The van der Waals surface area contributed by atoms with Crippen molar-refractivity contribution in [3.8, 4) is 0 Å². The number of benzene rings is 1. The third kappa shape index (κ3) is 3.62. The van der Waals surface area contributed by atoms with E-state index in [1.807, 2.05) is 47.6 Å². The second-order valence-electron chi connectivity index (χ2n) is 9.62. The highest BCUT2D eigenvalue weighted by Gasteiger charge is 2.56. The predicted octanol–water partition coefficient (Wildman–Crippen LogP) is 4.38. The van der Waals surface area contributed by atoms with Crippen molar-refractivity contribution in [2.45, 2.75) is 71.4 Å². The molecule has 142 valence electrons. The van der Waals surface area contributed by atoms with Crippen LogP contribution in [0, 0.1) is 5.41 Å². The summed E-state index contributed by atoms with van der Waals surface area (Å²) < 4.78 is 12.5. The predicted molar refractivity (Wildman–Crippen MR) is 112 cm³/mol. The zero-order valence-corrected chi connectivity index (χ0v) is 18.6. The van der Waals surface area contributed by atoms with Crippen LogP contribution in [0.5, 0.6) is 0 Å². The van der Waals surface area contributed by atoms with Crippen molar-refractivity contribution < 1.29 is 14.1 Å². The molecule has 0 radical (unpaired) electrons. The molecule has 26 heavy (non-hydrogen) atoms. The highest BCUT2D eigenvalue weighted by molar-refractivity contribution is 6.92. The number of carbonyl (C=O) groups is 1. The van der Waals surface area contributed by atoms with Gasteiger partial charge in [0.05, 0.1) is 19.3 Å². The SMILES string of the molecule is C=C(B1OC(C)(C)C(C)(C)O1)[C@H](C(C)(C)C=O)[Si](C)(C)c1ccccc1. The highest BCUT2D eigenvalue weighted by atomic mass is 28.3. The van der Waals surface area contributed by atoms with Gasteiger partial charge in [0, 0.05) is 5.41 Å². The van der Waals surface area contributed by atoms with Crippen molar-refractivity contribution in [2.75, 3.05) is 0 Å². The monoisotopic (exact) mass is 372 g/mol. The molecule has 3 nitrogen and oxygen atoms in total. The number of allylic oxidation sites excluding steroid dienone is 1. The van der Waals surface area contributed by atoms with Crippen molar-refractivity contribution in [3.05, 3.63) is 42.4 Å². The van der Waals surface area contributed by atoms with Gasteiger partial charge in [-0.3, -0.25) is 0 Å². The van der Waals surface area contributed by atoms with E-state index in [-0.39, 0.29) is 5.54 Å². The first-order chi connectivity index (χ1) is 11.8. The van der Waals surface area contributed by atoms with Gasteiger partial charge in [0.2, 0.25) is 0 Å². The minimum Gasteiger partial charge on any atom is -0.400 e. The van der Waals surface area contributed by atoms with E-state index in [4.69, 9.17) is 9.31 Å². The number of aldehydes is 1. The lowest BCUT2D eigenvalue weighted by atomic mass is 9.70. The Morgan fingerprint density at radius 3 is 2.00 bits per heavy atom. The highest BCUT2D eigenvalue weighted by Crippen LogP contribution is 2.48. The lowest BCUT2D eigenvalue weighted by Crippen LogP contribution is -2.53. The van der Waals surface area contributed by atoms with Gasteiger partial charge in [-0.05, 0) is 38.7 Å². The van der Waals surface area contributed by atoms with E-state index in [0.717, 1.165) is 11.8 Å². The molecule has 0 bridgehead atoms. The fourth-order valence-electron chi connectivity index (χ4n) is 4.10. The van der Waals surface area contributed by atoms with E-state index in [1.165, 1.54) is 5.19 Å². The molecule has 1 aliphatic heterocycles. The maximum Gasteiger partial charge on any atom is 0.489 e. The maximum atomic E-state index is 12.0. The van der Waals surface area contributed by atoms with Crippen LogP contribution in [0.25, 0.3) is 0 Å². The van der Waals surface area contributed by atoms with Crippen LogP contribution in [0.1, 0.15) is 41.5 Å². The lowest BCUT2D eigenvalue weighted by molar-refractivity contribution is -0.114. The zero-order valence-electron chi connectivity index (χ0n) is 17.6. The average Bonchev–Trinajstić information content (AvgIpc) is 2.76. The number of carbonyl (C=O) groups excluding carboxylic acids is 1. The van der Waals surface area contributed by atoms with E-state index in [1.54, 1.807) is 0 Å². The largest absolute Gasteiger partial charge is 0.489 e. The molecule has 0 unspecified atom stereocenters. The summed E-state index contributed by atoms with van der Waals surface area (Å²) in [5.74, 6) is 0. The minimum atomic E-state index is -2.08. The molecule has 1 aliphatic rings. The topological polar surface area (TPSA) is 35.5 Å². The van der Waals surface area contributed by atoms with Crippen LogP contribution < -0.4 is 5.19 Å². The summed E-state index contributed by atoms with van der Waals surface area (Å²) in [5, 5.41) is 1.30. The first-order valence-electron chi connectivity index (χ1n) is 9.32. The molecular weight excluding hydrogens is 339 g/mol. The van der Waals surface area contributed by atoms with E-state index < -0.39 is 31.8 Å². The fourth-order valence-corrected chi connectivity index (χ4v) is 8.48.